The molecule has 0 radical (unpaired) electrons. The molecule has 1 heterocycles. The number of aryl methyl sites for hydroxylation is 1. The van der Waals surface area contributed by atoms with Crippen LogP contribution in [0, 0.1) is 18.3 Å². The van der Waals surface area contributed by atoms with Crippen LogP contribution in [-0.2, 0) is 0 Å². The van der Waals surface area contributed by atoms with Gasteiger partial charge in [0.15, 0.2) is 0 Å². The Morgan fingerprint density at radius 2 is 2.36 bits per heavy atom. The van der Waals surface area contributed by atoms with Crippen molar-refractivity contribution in [2.45, 2.75) is 13.5 Å². The Balaban J connectivity index is 3.19. The number of aromatic nitrogens is 2. The highest BCUT2D eigenvalue weighted by molar-refractivity contribution is 5.28. The average Bonchev–Trinajstić information content (AvgIpc) is 2.30. The lowest BCUT2D eigenvalue weighted by Gasteiger charge is -1.98. The number of hydrogen-bond acceptors (Lipinski definition) is 2. The first kappa shape index (κ1) is 7.66. The molecule has 1 aromatic rings. The van der Waals surface area contributed by atoms with E-state index in [2.05, 4.69) is 5.10 Å². The average molecular weight is 157 g/mol. The minimum absolute atomic E-state index is 0.0833. The van der Waals surface area contributed by atoms with Crippen LogP contribution in [0.1, 0.15) is 17.8 Å². The van der Waals surface area contributed by atoms with Gasteiger partial charge in [-0.2, -0.15) is 23.8 Å². The van der Waals surface area contributed by atoms with Gasteiger partial charge in [-0.05, 0) is 6.92 Å². The van der Waals surface area contributed by atoms with Gasteiger partial charge in [0.1, 0.15) is 11.8 Å². The molecule has 11 heavy (non-hydrogen) atoms. The van der Waals surface area contributed by atoms with Crippen molar-refractivity contribution >= 4 is 0 Å². The van der Waals surface area contributed by atoms with Crippen LogP contribution in [0.15, 0.2) is 6.20 Å². The lowest BCUT2D eigenvalue weighted by Crippen LogP contribution is -2.02. The van der Waals surface area contributed by atoms with Crippen LogP contribution >= 0.6 is 0 Å². The van der Waals surface area contributed by atoms with E-state index in [1.807, 2.05) is 0 Å². The van der Waals surface area contributed by atoms with E-state index in [0.717, 1.165) is 0 Å². The van der Waals surface area contributed by atoms with Crippen molar-refractivity contribution in [3.05, 3.63) is 17.5 Å². The molecule has 0 aliphatic rings. The molecule has 0 bridgehead atoms. The van der Waals surface area contributed by atoms with Gasteiger partial charge in [-0.3, -0.25) is 0 Å². The van der Waals surface area contributed by atoms with Gasteiger partial charge in [-0.15, -0.1) is 0 Å². The summed E-state index contributed by atoms with van der Waals surface area (Å²) in [5.74, 6) is 0. The van der Waals surface area contributed by atoms with Crippen molar-refractivity contribution in [2.24, 2.45) is 0 Å². The third kappa shape index (κ3) is 1.19. The van der Waals surface area contributed by atoms with Crippen molar-refractivity contribution in [2.75, 3.05) is 0 Å². The normalized spacial score (nSPS) is 10.1. The maximum atomic E-state index is 12.0. The summed E-state index contributed by atoms with van der Waals surface area (Å²) in [6, 6.07) is 1.65. The number of halogens is 2. The lowest BCUT2D eigenvalue weighted by atomic mass is 10.3. The summed E-state index contributed by atoms with van der Waals surface area (Å²) < 4.78 is 24.4. The van der Waals surface area contributed by atoms with Gasteiger partial charge in [-0.1, -0.05) is 0 Å². The number of hydrogen-bond donors (Lipinski definition) is 0. The summed E-state index contributed by atoms with van der Waals surface area (Å²) in [6.07, 6.45) is 1.24. The van der Waals surface area contributed by atoms with E-state index in [1.54, 1.807) is 13.0 Å². The second-order valence-corrected chi connectivity index (χ2v) is 2.01. The van der Waals surface area contributed by atoms with E-state index in [-0.39, 0.29) is 5.69 Å². The van der Waals surface area contributed by atoms with Crippen molar-refractivity contribution in [1.82, 2.24) is 9.78 Å². The van der Waals surface area contributed by atoms with Crippen LogP contribution < -0.4 is 0 Å². The third-order valence-corrected chi connectivity index (χ3v) is 1.27. The summed E-state index contributed by atoms with van der Waals surface area (Å²) in [7, 11) is 0. The molecule has 0 atom stereocenters. The zero-order valence-corrected chi connectivity index (χ0v) is 5.75. The summed E-state index contributed by atoms with van der Waals surface area (Å²) in [5, 5.41) is 11.7. The van der Waals surface area contributed by atoms with Crippen molar-refractivity contribution < 1.29 is 8.78 Å². The highest BCUT2D eigenvalue weighted by Gasteiger charge is 2.13. The van der Waals surface area contributed by atoms with Crippen molar-refractivity contribution in [1.29, 1.82) is 5.26 Å². The van der Waals surface area contributed by atoms with Gasteiger partial charge in [0.05, 0.1) is 6.20 Å². The summed E-state index contributed by atoms with van der Waals surface area (Å²) >= 11 is 0. The molecular formula is C6H5F2N3. The van der Waals surface area contributed by atoms with Crippen molar-refractivity contribution in [3.63, 3.8) is 0 Å². The van der Waals surface area contributed by atoms with Gasteiger partial charge < -0.3 is 0 Å². The van der Waals surface area contributed by atoms with Gasteiger partial charge in [0.25, 0.3) is 0 Å². The highest BCUT2D eigenvalue weighted by Crippen LogP contribution is 2.14. The predicted molar refractivity (Wildman–Crippen MR) is 32.9 cm³/mol. The highest BCUT2D eigenvalue weighted by atomic mass is 19.3. The molecule has 0 amide bonds. The van der Waals surface area contributed by atoms with Gasteiger partial charge in [0, 0.05) is 5.56 Å². The Bertz CT molecular complexity index is 297. The molecule has 0 spiro atoms. The van der Waals surface area contributed by atoms with Crippen molar-refractivity contribution in [3.8, 4) is 6.07 Å². The zero-order valence-electron chi connectivity index (χ0n) is 5.75. The molecule has 0 aliphatic carbocycles. The largest absolute Gasteiger partial charge is 0.334 e. The van der Waals surface area contributed by atoms with E-state index in [1.165, 1.54) is 6.20 Å². The number of nitrogens with zero attached hydrogens (tertiary/aromatic N) is 3. The van der Waals surface area contributed by atoms with Crippen LogP contribution in [-0.4, -0.2) is 9.78 Å². The van der Waals surface area contributed by atoms with Crippen LogP contribution in [0.25, 0.3) is 0 Å². The molecule has 1 rings (SSSR count). The fourth-order valence-electron chi connectivity index (χ4n) is 0.736. The Morgan fingerprint density at radius 1 is 1.73 bits per heavy atom. The topological polar surface area (TPSA) is 41.6 Å². The first-order valence-corrected chi connectivity index (χ1v) is 2.89. The van der Waals surface area contributed by atoms with E-state index >= 15 is 0 Å². The first-order valence-electron chi connectivity index (χ1n) is 2.89. The molecule has 0 fully saturated rings. The minimum Gasteiger partial charge on any atom is -0.193 e. The zero-order chi connectivity index (χ0) is 8.43. The third-order valence-electron chi connectivity index (χ3n) is 1.27. The molecular weight excluding hydrogens is 152 g/mol. The lowest BCUT2D eigenvalue weighted by molar-refractivity contribution is 0.0556. The minimum atomic E-state index is -2.74. The Labute approximate surface area is 61.9 Å². The van der Waals surface area contributed by atoms with Crippen LogP contribution in [0.5, 0.6) is 0 Å². The van der Waals surface area contributed by atoms with E-state index in [0.29, 0.717) is 10.2 Å². The number of alkyl halides is 2. The molecule has 5 heteroatoms. The molecule has 0 aromatic carbocycles. The summed E-state index contributed by atoms with van der Waals surface area (Å²) in [4.78, 5) is 0. The monoisotopic (exact) mass is 157 g/mol. The van der Waals surface area contributed by atoms with E-state index in [4.69, 9.17) is 5.26 Å². The fraction of sp³-hybridized carbons (Fsp3) is 0.333. The second-order valence-electron chi connectivity index (χ2n) is 2.01. The molecule has 58 valence electrons. The molecule has 1 aromatic heterocycles. The van der Waals surface area contributed by atoms with Gasteiger partial charge in [-0.25, -0.2) is 0 Å². The maximum absolute atomic E-state index is 12.0. The summed E-state index contributed by atoms with van der Waals surface area (Å²) in [5.41, 5.74) is 0.382. The molecule has 0 aliphatic heterocycles. The predicted octanol–water partition coefficient (Wildman–Crippen LogP) is 1.46. The maximum Gasteiger partial charge on any atom is 0.334 e. The SMILES string of the molecule is Cc1cnn(C(F)F)c1C#N. The molecule has 0 N–H and O–H groups in total. The van der Waals surface area contributed by atoms with E-state index in [9.17, 15) is 8.78 Å². The van der Waals surface area contributed by atoms with Crippen LogP contribution in [0.2, 0.25) is 0 Å². The Morgan fingerprint density at radius 3 is 2.73 bits per heavy atom. The first-order chi connectivity index (χ1) is 5.16. The van der Waals surface area contributed by atoms with Gasteiger partial charge >= 0.3 is 6.55 Å². The molecule has 0 saturated heterocycles. The number of nitriles is 1. The Hall–Kier alpha value is -1.44. The smallest absolute Gasteiger partial charge is 0.193 e. The number of rotatable bonds is 1. The van der Waals surface area contributed by atoms with Crippen LogP contribution in [0.4, 0.5) is 8.78 Å². The second kappa shape index (κ2) is 2.66. The van der Waals surface area contributed by atoms with Gasteiger partial charge in [0.2, 0.25) is 0 Å². The quantitative estimate of drug-likeness (QED) is 0.619. The molecule has 0 saturated carbocycles. The standard InChI is InChI=1S/C6H5F2N3/c1-4-3-10-11(6(7)8)5(4)2-9/h3,6H,1H3. The van der Waals surface area contributed by atoms with E-state index < -0.39 is 6.55 Å². The molecule has 3 nitrogen and oxygen atoms in total. The fourth-order valence-corrected chi connectivity index (χ4v) is 0.736. The summed E-state index contributed by atoms with van der Waals surface area (Å²) in [6.45, 7) is -1.18. The Kier molecular flexibility index (Phi) is 1.85. The molecule has 0 unspecified atom stereocenters. The van der Waals surface area contributed by atoms with Crippen LogP contribution in [0.3, 0.4) is 0 Å².